The van der Waals surface area contributed by atoms with Gasteiger partial charge in [0.1, 0.15) is 5.75 Å². The highest BCUT2D eigenvalue weighted by molar-refractivity contribution is 5.50. The lowest BCUT2D eigenvalue weighted by Gasteiger charge is -2.36. The fourth-order valence-electron chi connectivity index (χ4n) is 3.17. The fraction of sp³-hybridized carbons (Fsp3) is 0.500. The quantitative estimate of drug-likeness (QED) is 0.921. The second-order valence-electron chi connectivity index (χ2n) is 6.26. The van der Waals surface area contributed by atoms with Crippen molar-refractivity contribution in [3.8, 4) is 5.75 Å². The largest absolute Gasteiger partial charge is 0.508 e. The van der Waals surface area contributed by atoms with Gasteiger partial charge < -0.3 is 10.0 Å². The molecule has 1 aromatic carbocycles. The lowest BCUT2D eigenvalue weighted by atomic mass is 10.2. The van der Waals surface area contributed by atoms with Crippen LogP contribution >= 0.6 is 0 Å². The predicted octanol–water partition coefficient (Wildman–Crippen LogP) is 2.63. The molecule has 0 unspecified atom stereocenters. The number of hydrogen-bond donors (Lipinski definition) is 1. The van der Waals surface area contributed by atoms with E-state index in [9.17, 15) is 5.11 Å². The van der Waals surface area contributed by atoms with Crippen LogP contribution in [0.15, 0.2) is 30.5 Å². The molecule has 5 nitrogen and oxygen atoms in total. The Kier molecular flexibility index (Phi) is 4.86. The number of nitrogens with zero attached hydrogens (tertiary/aromatic N) is 4. The summed E-state index contributed by atoms with van der Waals surface area (Å²) in [7, 11) is 0. The van der Waals surface area contributed by atoms with Crippen molar-refractivity contribution in [3.05, 3.63) is 41.7 Å². The third-order valence-corrected chi connectivity index (χ3v) is 4.60. The Morgan fingerprint density at radius 1 is 1.17 bits per heavy atom. The Morgan fingerprint density at radius 2 is 1.96 bits per heavy atom. The fourth-order valence-corrected chi connectivity index (χ4v) is 3.17. The van der Waals surface area contributed by atoms with Crippen molar-refractivity contribution < 1.29 is 5.11 Å². The highest BCUT2D eigenvalue weighted by Gasteiger charge is 2.19. The van der Waals surface area contributed by atoms with E-state index >= 15 is 0 Å². The lowest BCUT2D eigenvalue weighted by molar-refractivity contribution is 0.249. The molecule has 124 valence electrons. The molecule has 1 saturated heterocycles. The van der Waals surface area contributed by atoms with Gasteiger partial charge in [0.15, 0.2) is 0 Å². The van der Waals surface area contributed by atoms with Crippen LogP contribution in [0.4, 0.5) is 5.69 Å². The van der Waals surface area contributed by atoms with E-state index in [1.165, 1.54) is 11.3 Å². The first kappa shape index (κ1) is 15.9. The lowest BCUT2D eigenvalue weighted by Crippen LogP contribution is -2.46. The first-order valence-corrected chi connectivity index (χ1v) is 8.45. The van der Waals surface area contributed by atoms with Gasteiger partial charge in [0.25, 0.3) is 0 Å². The molecule has 0 amide bonds. The number of anilines is 1. The van der Waals surface area contributed by atoms with Gasteiger partial charge in [-0.05, 0) is 25.5 Å². The molecule has 1 aliphatic heterocycles. The maximum absolute atomic E-state index is 9.62. The first-order valence-electron chi connectivity index (χ1n) is 8.45. The zero-order valence-electron chi connectivity index (χ0n) is 14.1. The Bertz CT molecular complexity index is 644. The van der Waals surface area contributed by atoms with Crippen molar-refractivity contribution in [1.29, 1.82) is 0 Å². The Hall–Kier alpha value is -2.01. The van der Waals surface area contributed by atoms with Crippen LogP contribution in [0, 0.1) is 6.92 Å². The normalized spacial score (nSPS) is 16.0. The summed E-state index contributed by atoms with van der Waals surface area (Å²) < 4.78 is 2.11. The molecule has 0 spiro atoms. The minimum Gasteiger partial charge on any atom is -0.508 e. The van der Waals surface area contributed by atoms with Gasteiger partial charge >= 0.3 is 0 Å². The van der Waals surface area contributed by atoms with Gasteiger partial charge in [-0.25, -0.2) is 0 Å². The van der Waals surface area contributed by atoms with Crippen LogP contribution in [0.5, 0.6) is 5.75 Å². The molecule has 2 aromatic rings. The van der Waals surface area contributed by atoms with Gasteiger partial charge in [-0.15, -0.1) is 0 Å². The van der Waals surface area contributed by atoms with Crippen LogP contribution in [0.1, 0.15) is 24.6 Å². The summed E-state index contributed by atoms with van der Waals surface area (Å²) in [6.07, 6.45) is 3.14. The number of rotatable bonds is 5. The van der Waals surface area contributed by atoms with Crippen molar-refractivity contribution in [3.63, 3.8) is 0 Å². The van der Waals surface area contributed by atoms with Gasteiger partial charge in [0.2, 0.25) is 0 Å². The molecule has 1 N–H and O–H groups in total. The van der Waals surface area contributed by atoms with E-state index in [-0.39, 0.29) is 0 Å². The van der Waals surface area contributed by atoms with Gasteiger partial charge in [0, 0.05) is 62.3 Å². The number of piperazine rings is 1. The molecular weight excluding hydrogens is 288 g/mol. The highest BCUT2D eigenvalue weighted by atomic mass is 16.3. The number of phenols is 1. The summed E-state index contributed by atoms with van der Waals surface area (Å²) in [4.78, 5) is 4.82. The minimum absolute atomic E-state index is 0.337. The monoisotopic (exact) mass is 314 g/mol. The van der Waals surface area contributed by atoms with Crippen LogP contribution in [-0.4, -0.2) is 46.0 Å². The Labute approximate surface area is 138 Å². The Balaban J connectivity index is 1.57. The minimum atomic E-state index is 0.337. The average molecular weight is 314 g/mol. The van der Waals surface area contributed by atoms with Crippen LogP contribution < -0.4 is 4.90 Å². The third-order valence-electron chi connectivity index (χ3n) is 4.60. The van der Waals surface area contributed by atoms with Crippen molar-refractivity contribution in [1.82, 2.24) is 14.7 Å². The summed E-state index contributed by atoms with van der Waals surface area (Å²) in [5.74, 6) is 0.337. The maximum atomic E-state index is 9.62. The summed E-state index contributed by atoms with van der Waals surface area (Å²) in [6.45, 7) is 10.4. The Morgan fingerprint density at radius 3 is 2.65 bits per heavy atom. The number of benzene rings is 1. The number of phenolic OH excluding ortho intramolecular Hbond substituents is 1. The van der Waals surface area contributed by atoms with Crippen LogP contribution in [0.2, 0.25) is 0 Å². The molecule has 0 bridgehead atoms. The zero-order valence-corrected chi connectivity index (χ0v) is 14.1. The second kappa shape index (κ2) is 7.04. The number of hydrogen-bond acceptors (Lipinski definition) is 4. The molecule has 1 fully saturated rings. The third kappa shape index (κ3) is 3.67. The topological polar surface area (TPSA) is 44.5 Å². The van der Waals surface area contributed by atoms with Crippen LogP contribution in [0.25, 0.3) is 0 Å². The molecule has 0 atom stereocenters. The number of aryl methyl sites for hydroxylation is 1. The van der Waals surface area contributed by atoms with Gasteiger partial charge in [-0.2, -0.15) is 5.10 Å². The molecule has 2 heterocycles. The van der Waals surface area contributed by atoms with E-state index in [1.54, 1.807) is 6.07 Å². The SMILES string of the molecule is CCCn1ncc(CN2CCN(c3cccc(O)c3)CC2)c1C. The van der Waals surface area contributed by atoms with E-state index in [0.29, 0.717) is 5.75 Å². The van der Waals surface area contributed by atoms with Crippen LogP contribution in [0.3, 0.4) is 0 Å². The smallest absolute Gasteiger partial charge is 0.117 e. The van der Waals surface area contributed by atoms with Crippen molar-refractivity contribution in [2.24, 2.45) is 0 Å². The maximum Gasteiger partial charge on any atom is 0.117 e. The summed E-state index contributed by atoms with van der Waals surface area (Å²) in [6, 6.07) is 7.53. The second-order valence-corrected chi connectivity index (χ2v) is 6.26. The van der Waals surface area contributed by atoms with E-state index in [2.05, 4.69) is 39.5 Å². The molecule has 0 saturated carbocycles. The van der Waals surface area contributed by atoms with Crippen molar-refractivity contribution in [2.45, 2.75) is 33.4 Å². The van der Waals surface area contributed by atoms with Crippen molar-refractivity contribution in [2.75, 3.05) is 31.1 Å². The molecule has 23 heavy (non-hydrogen) atoms. The van der Waals surface area contributed by atoms with Crippen LogP contribution in [-0.2, 0) is 13.1 Å². The molecule has 0 aliphatic carbocycles. The standard InChI is InChI=1S/C18H26N4O/c1-3-7-22-15(2)16(13-19-22)14-20-8-10-21(11-9-20)17-5-4-6-18(23)12-17/h4-6,12-13,23H,3,7-11,14H2,1-2H3. The summed E-state index contributed by atoms with van der Waals surface area (Å²) in [5, 5.41) is 14.1. The van der Waals surface area contributed by atoms with Crippen molar-refractivity contribution >= 4 is 5.69 Å². The number of aromatic nitrogens is 2. The number of aromatic hydroxyl groups is 1. The first-order chi connectivity index (χ1) is 11.2. The molecule has 5 heteroatoms. The average Bonchev–Trinajstić information content (AvgIpc) is 2.89. The van der Waals surface area contributed by atoms with Gasteiger partial charge in [-0.1, -0.05) is 13.0 Å². The van der Waals surface area contributed by atoms with E-state index in [0.717, 1.165) is 51.4 Å². The zero-order chi connectivity index (χ0) is 16.2. The van der Waals surface area contributed by atoms with Gasteiger partial charge in [-0.3, -0.25) is 9.58 Å². The molecule has 0 radical (unpaired) electrons. The predicted molar refractivity (Wildman–Crippen MR) is 92.9 cm³/mol. The van der Waals surface area contributed by atoms with Gasteiger partial charge in [0.05, 0.1) is 6.20 Å². The van der Waals surface area contributed by atoms with E-state index < -0.39 is 0 Å². The highest BCUT2D eigenvalue weighted by Crippen LogP contribution is 2.22. The molecular formula is C18H26N4O. The van der Waals surface area contributed by atoms with E-state index in [4.69, 9.17) is 0 Å². The summed E-state index contributed by atoms with van der Waals surface area (Å²) in [5.41, 5.74) is 3.74. The molecule has 1 aromatic heterocycles. The molecule has 3 rings (SSSR count). The molecule has 1 aliphatic rings. The summed E-state index contributed by atoms with van der Waals surface area (Å²) >= 11 is 0. The van der Waals surface area contributed by atoms with E-state index in [1.807, 2.05) is 18.3 Å².